The van der Waals surface area contributed by atoms with Crippen LogP contribution in [-0.4, -0.2) is 22.3 Å². The van der Waals surface area contributed by atoms with Gasteiger partial charge in [-0.25, -0.2) is 4.98 Å². The summed E-state index contributed by atoms with van der Waals surface area (Å²) in [4.78, 5) is 4.43. The summed E-state index contributed by atoms with van der Waals surface area (Å²) in [6, 6.07) is 8.07. The molecule has 2 aromatic rings. The van der Waals surface area contributed by atoms with Gasteiger partial charge >= 0.3 is 6.18 Å². The third-order valence-corrected chi connectivity index (χ3v) is 3.19. The van der Waals surface area contributed by atoms with E-state index in [0.29, 0.717) is 11.9 Å². The fourth-order valence-corrected chi connectivity index (χ4v) is 2.28. The van der Waals surface area contributed by atoms with Crippen LogP contribution in [-0.2, 0) is 6.54 Å². The van der Waals surface area contributed by atoms with Gasteiger partial charge in [0.25, 0.3) is 0 Å². The van der Waals surface area contributed by atoms with Crippen LogP contribution in [0.3, 0.4) is 0 Å². The van der Waals surface area contributed by atoms with Crippen molar-refractivity contribution in [2.75, 3.05) is 6.54 Å². The molecule has 1 aliphatic rings. The molecule has 6 heteroatoms. The molecule has 1 saturated carbocycles. The van der Waals surface area contributed by atoms with Crippen LogP contribution in [0.2, 0.25) is 0 Å². The van der Waals surface area contributed by atoms with Crippen LogP contribution in [0.25, 0.3) is 11.0 Å². The first-order chi connectivity index (χ1) is 9.04. The van der Waals surface area contributed by atoms with Gasteiger partial charge < -0.3 is 9.88 Å². The maximum atomic E-state index is 12.1. The van der Waals surface area contributed by atoms with Crippen molar-refractivity contribution in [3.63, 3.8) is 0 Å². The lowest BCUT2D eigenvalue weighted by Crippen LogP contribution is -2.29. The molecule has 3 nitrogen and oxygen atoms in total. The number of fused-ring (bicyclic) bond motifs is 1. The maximum absolute atomic E-state index is 12.1. The van der Waals surface area contributed by atoms with E-state index in [0.717, 1.165) is 23.9 Å². The summed E-state index contributed by atoms with van der Waals surface area (Å²) in [5, 5.41) is 2.42. The van der Waals surface area contributed by atoms with E-state index in [2.05, 4.69) is 14.9 Å². The first-order valence-corrected chi connectivity index (χ1v) is 6.28. The highest BCUT2D eigenvalue weighted by molar-refractivity contribution is 5.76. The largest absolute Gasteiger partial charge is 0.401 e. The van der Waals surface area contributed by atoms with Gasteiger partial charge in [0.1, 0.15) is 5.82 Å². The summed E-state index contributed by atoms with van der Waals surface area (Å²) in [6.45, 7) is -0.842. The van der Waals surface area contributed by atoms with Gasteiger partial charge in [0, 0.05) is 6.04 Å². The Balaban J connectivity index is 1.84. The fourth-order valence-electron chi connectivity index (χ4n) is 2.28. The monoisotopic (exact) mass is 269 g/mol. The van der Waals surface area contributed by atoms with Crippen LogP contribution >= 0.6 is 0 Å². The second-order valence-corrected chi connectivity index (χ2v) is 4.84. The Morgan fingerprint density at radius 2 is 2.00 bits per heavy atom. The predicted molar refractivity (Wildman–Crippen MR) is 65.8 cm³/mol. The van der Waals surface area contributed by atoms with Gasteiger partial charge in [0.15, 0.2) is 0 Å². The van der Waals surface area contributed by atoms with Crippen LogP contribution in [0.1, 0.15) is 24.7 Å². The number of imidazole rings is 1. The first-order valence-electron chi connectivity index (χ1n) is 6.28. The normalized spacial score (nSPS) is 16.2. The lowest BCUT2D eigenvalue weighted by molar-refractivity contribution is -0.125. The van der Waals surface area contributed by atoms with Crippen LogP contribution < -0.4 is 5.32 Å². The van der Waals surface area contributed by atoms with Crippen molar-refractivity contribution in [3.8, 4) is 0 Å². The van der Waals surface area contributed by atoms with Crippen molar-refractivity contribution >= 4 is 11.0 Å². The molecule has 0 saturated heterocycles. The Kier molecular flexibility index (Phi) is 2.97. The quantitative estimate of drug-likeness (QED) is 0.924. The number of alkyl halides is 3. The van der Waals surface area contributed by atoms with Gasteiger partial charge in [0.05, 0.1) is 24.1 Å². The Labute approximate surface area is 108 Å². The lowest BCUT2D eigenvalue weighted by atomic mass is 10.3. The SMILES string of the molecule is FC(F)(F)CNCc1nc2ccccc2n1C1CC1. The molecule has 0 aliphatic heterocycles. The highest BCUT2D eigenvalue weighted by Gasteiger charge is 2.29. The van der Waals surface area contributed by atoms with E-state index in [1.54, 1.807) is 0 Å². The molecule has 1 aromatic carbocycles. The minimum Gasteiger partial charge on any atom is -0.324 e. The lowest BCUT2D eigenvalue weighted by Gasteiger charge is -2.10. The summed E-state index contributed by atoms with van der Waals surface area (Å²) < 4.78 is 38.5. The summed E-state index contributed by atoms with van der Waals surface area (Å²) in [5.74, 6) is 0.688. The minimum atomic E-state index is -4.18. The third kappa shape index (κ3) is 2.73. The maximum Gasteiger partial charge on any atom is 0.401 e. The number of para-hydroxylation sites is 2. The van der Waals surface area contributed by atoms with Gasteiger partial charge in [-0.1, -0.05) is 12.1 Å². The molecule has 1 heterocycles. The van der Waals surface area contributed by atoms with Crippen molar-refractivity contribution < 1.29 is 13.2 Å². The van der Waals surface area contributed by atoms with E-state index in [1.807, 2.05) is 24.3 Å². The number of nitrogens with zero attached hydrogens (tertiary/aromatic N) is 2. The zero-order chi connectivity index (χ0) is 13.5. The van der Waals surface area contributed by atoms with E-state index >= 15 is 0 Å². The van der Waals surface area contributed by atoms with Crippen molar-refractivity contribution in [1.29, 1.82) is 0 Å². The van der Waals surface area contributed by atoms with E-state index in [9.17, 15) is 13.2 Å². The van der Waals surface area contributed by atoms with Crippen molar-refractivity contribution in [1.82, 2.24) is 14.9 Å². The number of aromatic nitrogens is 2. The zero-order valence-corrected chi connectivity index (χ0v) is 10.2. The second kappa shape index (κ2) is 4.52. The number of benzene rings is 1. The number of halogens is 3. The molecule has 1 aromatic heterocycles. The molecule has 0 unspecified atom stereocenters. The number of nitrogens with one attached hydrogen (secondary N) is 1. The Morgan fingerprint density at radius 1 is 1.26 bits per heavy atom. The number of hydrogen-bond acceptors (Lipinski definition) is 2. The smallest absolute Gasteiger partial charge is 0.324 e. The van der Waals surface area contributed by atoms with Crippen molar-refractivity contribution in [2.45, 2.75) is 31.6 Å². The molecule has 19 heavy (non-hydrogen) atoms. The Hall–Kier alpha value is -1.56. The van der Waals surface area contributed by atoms with E-state index in [4.69, 9.17) is 0 Å². The van der Waals surface area contributed by atoms with Crippen molar-refractivity contribution in [2.24, 2.45) is 0 Å². The minimum absolute atomic E-state index is 0.144. The molecule has 0 amide bonds. The molecule has 102 valence electrons. The second-order valence-electron chi connectivity index (χ2n) is 4.84. The van der Waals surface area contributed by atoms with E-state index in [1.165, 1.54) is 0 Å². The first kappa shape index (κ1) is 12.5. The predicted octanol–water partition coefficient (Wildman–Crippen LogP) is 3.02. The van der Waals surface area contributed by atoms with E-state index < -0.39 is 12.7 Å². The molecule has 3 rings (SSSR count). The third-order valence-electron chi connectivity index (χ3n) is 3.19. The standard InChI is InChI=1S/C13H14F3N3/c14-13(15,16)8-17-7-12-18-10-3-1-2-4-11(10)19(12)9-5-6-9/h1-4,9,17H,5-8H2. The molecule has 1 fully saturated rings. The summed E-state index contributed by atoms with van der Waals surface area (Å²) >= 11 is 0. The molecule has 1 N–H and O–H groups in total. The fraction of sp³-hybridized carbons (Fsp3) is 0.462. The van der Waals surface area contributed by atoms with Crippen LogP contribution in [0.5, 0.6) is 0 Å². The summed E-state index contributed by atoms with van der Waals surface area (Å²) in [7, 11) is 0. The van der Waals surface area contributed by atoms with Gasteiger partial charge in [-0.15, -0.1) is 0 Å². The topological polar surface area (TPSA) is 29.9 Å². The molecule has 1 aliphatic carbocycles. The molecule has 0 atom stereocenters. The molecular weight excluding hydrogens is 255 g/mol. The molecule has 0 radical (unpaired) electrons. The molecular formula is C13H14F3N3. The Morgan fingerprint density at radius 3 is 2.68 bits per heavy atom. The number of hydrogen-bond donors (Lipinski definition) is 1. The highest BCUT2D eigenvalue weighted by Crippen LogP contribution is 2.38. The molecule has 0 bridgehead atoms. The van der Waals surface area contributed by atoms with E-state index in [-0.39, 0.29) is 6.54 Å². The Bertz CT molecular complexity index is 584. The highest BCUT2D eigenvalue weighted by atomic mass is 19.4. The molecule has 0 spiro atoms. The average Bonchev–Trinajstić information content (AvgIpc) is 3.09. The van der Waals surface area contributed by atoms with Gasteiger partial charge in [-0.05, 0) is 25.0 Å². The zero-order valence-electron chi connectivity index (χ0n) is 10.2. The van der Waals surface area contributed by atoms with Crippen LogP contribution in [0, 0.1) is 0 Å². The number of rotatable bonds is 4. The summed E-state index contributed by atoms with van der Waals surface area (Å²) in [5.41, 5.74) is 1.85. The van der Waals surface area contributed by atoms with Gasteiger partial charge in [-0.2, -0.15) is 13.2 Å². The van der Waals surface area contributed by atoms with Gasteiger partial charge in [-0.3, -0.25) is 0 Å². The summed E-state index contributed by atoms with van der Waals surface area (Å²) in [6.07, 6.45) is -2.03. The average molecular weight is 269 g/mol. The van der Waals surface area contributed by atoms with Crippen LogP contribution in [0.15, 0.2) is 24.3 Å². The van der Waals surface area contributed by atoms with Crippen LogP contribution in [0.4, 0.5) is 13.2 Å². The van der Waals surface area contributed by atoms with Gasteiger partial charge in [0.2, 0.25) is 0 Å². The van der Waals surface area contributed by atoms with Crippen molar-refractivity contribution in [3.05, 3.63) is 30.1 Å².